The van der Waals surface area contributed by atoms with E-state index >= 15 is 0 Å². The van der Waals surface area contributed by atoms with E-state index < -0.39 is 0 Å². The van der Waals surface area contributed by atoms with E-state index in [2.05, 4.69) is 24.5 Å². The van der Waals surface area contributed by atoms with Crippen molar-refractivity contribution in [3.63, 3.8) is 0 Å². The summed E-state index contributed by atoms with van der Waals surface area (Å²) >= 11 is 0. The zero-order valence-electron chi connectivity index (χ0n) is 8.05. The molecule has 0 saturated heterocycles. The van der Waals surface area contributed by atoms with E-state index in [1.54, 1.807) is 6.92 Å². The second-order valence-electron chi connectivity index (χ2n) is 3.89. The fourth-order valence-corrected chi connectivity index (χ4v) is 1.63. The first kappa shape index (κ1) is 9.52. The molecule has 0 aromatic rings. The maximum atomic E-state index is 10.6. The number of hydrogen-bond donors (Lipinski definition) is 2. The fraction of sp³-hybridized carbons (Fsp3) is 0.889. The van der Waals surface area contributed by atoms with Crippen molar-refractivity contribution < 1.29 is 4.79 Å². The number of carbonyl (C=O) groups is 1. The van der Waals surface area contributed by atoms with Crippen LogP contribution in [0.4, 0.5) is 0 Å². The molecule has 0 heterocycles. The molecular weight excluding hydrogens is 152 g/mol. The van der Waals surface area contributed by atoms with Gasteiger partial charge in [0, 0.05) is 25.0 Å². The van der Waals surface area contributed by atoms with Crippen LogP contribution < -0.4 is 10.6 Å². The van der Waals surface area contributed by atoms with Crippen molar-refractivity contribution in [3.05, 3.63) is 0 Å². The normalized spacial score (nSPS) is 28.3. The highest BCUT2D eigenvalue weighted by atomic mass is 16.1. The predicted octanol–water partition coefficient (Wildman–Crippen LogP) is 0.651. The Labute approximate surface area is 73.9 Å². The van der Waals surface area contributed by atoms with Gasteiger partial charge in [-0.15, -0.1) is 0 Å². The molecule has 1 aliphatic carbocycles. The molecule has 1 amide bonds. The van der Waals surface area contributed by atoms with Gasteiger partial charge in [0.05, 0.1) is 0 Å². The molecule has 0 unspecified atom stereocenters. The zero-order valence-corrected chi connectivity index (χ0v) is 8.05. The molecule has 2 N–H and O–H groups in total. The maximum absolute atomic E-state index is 10.6. The second kappa shape index (κ2) is 3.90. The molecule has 0 bridgehead atoms. The maximum Gasteiger partial charge on any atom is 0.217 e. The van der Waals surface area contributed by atoms with Gasteiger partial charge in [-0.1, -0.05) is 13.8 Å². The lowest BCUT2D eigenvalue weighted by Crippen LogP contribution is -2.53. The van der Waals surface area contributed by atoms with Gasteiger partial charge in [-0.05, 0) is 12.8 Å². The van der Waals surface area contributed by atoms with Crippen molar-refractivity contribution in [2.75, 3.05) is 0 Å². The minimum atomic E-state index is 0.0861. The summed E-state index contributed by atoms with van der Waals surface area (Å²) in [7, 11) is 0. The molecule has 0 aromatic carbocycles. The number of hydrogen-bond acceptors (Lipinski definition) is 2. The highest BCUT2D eigenvalue weighted by molar-refractivity contribution is 5.73. The Morgan fingerprint density at radius 3 is 2.33 bits per heavy atom. The molecular formula is C9H18N2O. The molecule has 1 aliphatic rings. The van der Waals surface area contributed by atoms with Crippen molar-refractivity contribution in [1.82, 2.24) is 10.6 Å². The van der Waals surface area contributed by atoms with Gasteiger partial charge < -0.3 is 10.6 Å². The third-order valence-corrected chi connectivity index (χ3v) is 2.11. The van der Waals surface area contributed by atoms with Gasteiger partial charge in [0.25, 0.3) is 0 Å². The van der Waals surface area contributed by atoms with E-state index in [1.807, 2.05) is 0 Å². The average molecular weight is 170 g/mol. The second-order valence-corrected chi connectivity index (χ2v) is 3.89. The van der Waals surface area contributed by atoms with Crippen molar-refractivity contribution in [3.8, 4) is 0 Å². The van der Waals surface area contributed by atoms with Crippen LogP contribution in [0.3, 0.4) is 0 Å². The summed E-state index contributed by atoms with van der Waals surface area (Å²) in [6.45, 7) is 5.86. The molecule has 3 heteroatoms. The lowest BCUT2D eigenvalue weighted by Gasteiger charge is -2.37. The van der Waals surface area contributed by atoms with Gasteiger partial charge in [0.1, 0.15) is 0 Å². The highest BCUT2D eigenvalue weighted by Crippen LogP contribution is 2.20. The molecule has 70 valence electrons. The zero-order chi connectivity index (χ0) is 9.14. The van der Waals surface area contributed by atoms with Crippen molar-refractivity contribution in [2.24, 2.45) is 0 Å². The first-order valence-corrected chi connectivity index (χ1v) is 4.61. The van der Waals surface area contributed by atoms with Crippen LogP contribution in [0.1, 0.15) is 33.6 Å². The summed E-state index contributed by atoms with van der Waals surface area (Å²) in [5, 5.41) is 6.33. The molecule has 3 nitrogen and oxygen atoms in total. The van der Waals surface area contributed by atoms with Crippen LogP contribution >= 0.6 is 0 Å². The molecule has 0 atom stereocenters. The number of amides is 1. The van der Waals surface area contributed by atoms with Crippen molar-refractivity contribution in [2.45, 2.75) is 51.7 Å². The minimum Gasteiger partial charge on any atom is -0.353 e. The molecule has 0 aromatic heterocycles. The SMILES string of the molecule is CC(=O)N[C@H]1C[C@H](NC(C)C)C1. The van der Waals surface area contributed by atoms with Crippen LogP contribution in [0.2, 0.25) is 0 Å². The van der Waals surface area contributed by atoms with Gasteiger partial charge in [-0.25, -0.2) is 0 Å². The molecule has 0 aliphatic heterocycles. The predicted molar refractivity (Wildman–Crippen MR) is 48.9 cm³/mol. The standard InChI is InChI=1S/C9H18N2O/c1-6(2)10-8-4-9(5-8)11-7(3)12/h6,8-10H,4-5H2,1-3H3,(H,11,12)/t8-,9-. The Morgan fingerprint density at radius 2 is 1.92 bits per heavy atom. The van der Waals surface area contributed by atoms with Gasteiger partial charge in [-0.2, -0.15) is 0 Å². The lowest BCUT2D eigenvalue weighted by molar-refractivity contribution is -0.120. The minimum absolute atomic E-state index is 0.0861. The van der Waals surface area contributed by atoms with Gasteiger partial charge in [0.15, 0.2) is 0 Å². The largest absolute Gasteiger partial charge is 0.353 e. The molecule has 1 rings (SSSR count). The van der Waals surface area contributed by atoms with Crippen LogP contribution in [0.15, 0.2) is 0 Å². The Hall–Kier alpha value is -0.570. The first-order valence-electron chi connectivity index (χ1n) is 4.61. The number of carbonyl (C=O) groups excluding carboxylic acids is 1. The molecule has 12 heavy (non-hydrogen) atoms. The third kappa shape index (κ3) is 2.81. The van der Waals surface area contributed by atoms with Crippen molar-refractivity contribution >= 4 is 5.91 Å². The lowest BCUT2D eigenvalue weighted by atomic mass is 9.86. The monoisotopic (exact) mass is 170 g/mol. The summed E-state index contributed by atoms with van der Waals surface area (Å²) in [5.74, 6) is 0.0861. The fourth-order valence-electron chi connectivity index (χ4n) is 1.63. The Morgan fingerprint density at radius 1 is 1.33 bits per heavy atom. The Bertz CT molecular complexity index is 162. The topological polar surface area (TPSA) is 41.1 Å². The number of rotatable bonds is 3. The van der Waals surface area contributed by atoms with E-state index in [-0.39, 0.29) is 5.91 Å². The summed E-state index contributed by atoms with van der Waals surface area (Å²) in [5.41, 5.74) is 0. The smallest absolute Gasteiger partial charge is 0.217 e. The van der Waals surface area contributed by atoms with Gasteiger partial charge in [0.2, 0.25) is 5.91 Å². The van der Waals surface area contributed by atoms with Crippen LogP contribution in [0, 0.1) is 0 Å². The van der Waals surface area contributed by atoms with Gasteiger partial charge in [-0.3, -0.25) is 4.79 Å². The van der Waals surface area contributed by atoms with Crippen LogP contribution in [0.5, 0.6) is 0 Å². The Kier molecular flexibility index (Phi) is 3.09. The third-order valence-electron chi connectivity index (χ3n) is 2.11. The van der Waals surface area contributed by atoms with Crippen LogP contribution in [-0.2, 0) is 4.79 Å². The van der Waals surface area contributed by atoms with Crippen LogP contribution in [0.25, 0.3) is 0 Å². The van der Waals surface area contributed by atoms with E-state index in [9.17, 15) is 4.79 Å². The van der Waals surface area contributed by atoms with E-state index in [0.29, 0.717) is 18.1 Å². The van der Waals surface area contributed by atoms with E-state index in [1.165, 1.54) is 0 Å². The van der Waals surface area contributed by atoms with E-state index in [0.717, 1.165) is 12.8 Å². The molecule has 1 saturated carbocycles. The average Bonchev–Trinajstić information content (AvgIpc) is 1.80. The molecule has 1 fully saturated rings. The van der Waals surface area contributed by atoms with Crippen molar-refractivity contribution in [1.29, 1.82) is 0 Å². The molecule has 0 radical (unpaired) electrons. The summed E-state index contributed by atoms with van der Waals surface area (Å²) in [4.78, 5) is 10.6. The van der Waals surface area contributed by atoms with E-state index in [4.69, 9.17) is 0 Å². The highest BCUT2D eigenvalue weighted by Gasteiger charge is 2.29. The summed E-state index contributed by atoms with van der Waals surface area (Å²) < 4.78 is 0. The summed E-state index contributed by atoms with van der Waals surface area (Å²) in [6, 6.07) is 1.58. The number of nitrogens with one attached hydrogen (secondary N) is 2. The molecule has 0 spiro atoms. The first-order chi connectivity index (χ1) is 5.58. The van der Waals surface area contributed by atoms with Crippen LogP contribution in [-0.4, -0.2) is 24.0 Å². The van der Waals surface area contributed by atoms with Gasteiger partial charge >= 0.3 is 0 Å². The quantitative estimate of drug-likeness (QED) is 0.653. The Balaban J connectivity index is 2.08. The summed E-state index contributed by atoms with van der Waals surface area (Å²) in [6.07, 6.45) is 2.16.